The van der Waals surface area contributed by atoms with Gasteiger partial charge in [0.05, 0.1) is 0 Å². The van der Waals surface area contributed by atoms with Crippen LogP contribution in [-0.4, -0.2) is 0 Å². The molecule has 0 radical (unpaired) electrons. The lowest BCUT2D eigenvalue weighted by Crippen LogP contribution is -2.06. The van der Waals surface area contributed by atoms with Crippen LogP contribution in [0.25, 0.3) is 32.7 Å². The maximum Gasteiger partial charge on any atom is -0.00613 e. The summed E-state index contributed by atoms with van der Waals surface area (Å²) in [6.07, 6.45) is 0. The predicted molar refractivity (Wildman–Crippen MR) is 153 cm³/mol. The molecule has 178 valence electrons. The second-order valence-corrected chi connectivity index (χ2v) is 11.0. The summed E-state index contributed by atoms with van der Waals surface area (Å²) in [6, 6.07) is 0. The molecule has 4 aromatic rings. The van der Waals surface area contributed by atoms with Crippen molar-refractivity contribution in [2.24, 2.45) is 0 Å². The van der Waals surface area contributed by atoms with E-state index in [0.29, 0.717) is 0 Å². The number of benzene rings is 4. The molecule has 4 aromatic carbocycles. The van der Waals surface area contributed by atoms with E-state index in [9.17, 15) is 0 Å². The normalized spacial score (nSPS) is 11.8. The molecule has 0 heteroatoms. The van der Waals surface area contributed by atoms with E-state index in [1.165, 1.54) is 111 Å². The minimum Gasteiger partial charge on any atom is -0.0444 e. The molecule has 0 heterocycles. The third-order valence-electron chi connectivity index (χ3n) is 9.88. The van der Waals surface area contributed by atoms with Crippen molar-refractivity contribution < 1.29 is 0 Å². The highest BCUT2D eigenvalue weighted by molar-refractivity contribution is 6.14. The average Bonchev–Trinajstić information content (AvgIpc) is 2.80. The standard InChI is InChI=1S/C34H42/c1-15-17(3)25(11)31-29(21(15)7)23(9)19(5)27(13)33(31)34-28(14)20(6)24(10)30-22(8)16(2)18(4)26(12)32(30)34/h1-14H3. The molecule has 0 aliphatic heterocycles. The van der Waals surface area contributed by atoms with Crippen LogP contribution in [0, 0.1) is 96.9 Å². The molecule has 0 nitrogen and oxygen atoms in total. The van der Waals surface area contributed by atoms with Gasteiger partial charge in [-0.1, -0.05) is 0 Å². The summed E-state index contributed by atoms with van der Waals surface area (Å²) < 4.78 is 0. The van der Waals surface area contributed by atoms with Crippen molar-refractivity contribution in [2.75, 3.05) is 0 Å². The molecule has 0 aliphatic rings. The minimum absolute atomic E-state index is 1.43. The Kier molecular flexibility index (Phi) is 5.75. The largest absolute Gasteiger partial charge is 0.0444 e. The summed E-state index contributed by atoms with van der Waals surface area (Å²) in [5, 5.41) is 5.85. The zero-order valence-corrected chi connectivity index (χ0v) is 24.0. The van der Waals surface area contributed by atoms with Crippen LogP contribution in [-0.2, 0) is 0 Å². The van der Waals surface area contributed by atoms with Gasteiger partial charge < -0.3 is 0 Å². The van der Waals surface area contributed by atoms with E-state index in [1.54, 1.807) is 0 Å². The summed E-state index contributed by atoms with van der Waals surface area (Å²) in [7, 11) is 0. The Morgan fingerprint density at radius 2 is 0.353 bits per heavy atom. The van der Waals surface area contributed by atoms with Gasteiger partial charge in [-0.3, -0.25) is 0 Å². The van der Waals surface area contributed by atoms with E-state index in [2.05, 4.69) is 96.9 Å². The number of aryl methyl sites for hydroxylation is 6. The Morgan fingerprint density at radius 1 is 0.176 bits per heavy atom. The maximum atomic E-state index is 2.35. The Labute approximate surface area is 207 Å². The Morgan fingerprint density at radius 3 is 0.588 bits per heavy atom. The van der Waals surface area contributed by atoms with Crippen LogP contribution in [0.3, 0.4) is 0 Å². The quantitative estimate of drug-likeness (QED) is 0.270. The van der Waals surface area contributed by atoms with E-state index in [0.717, 1.165) is 0 Å². The van der Waals surface area contributed by atoms with E-state index in [4.69, 9.17) is 0 Å². The van der Waals surface area contributed by atoms with Gasteiger partial charge in [0.15, 0.2) is 0 Å². The lowest BCUT2D eigenvalue weighted by Gasteiger charge is -2.28. The molecule has 0 aliphatic carbocycles. The number of hydrogen-bond acceptors (Lipinski definition) is 0. The predicted octanol–water partition coefficient (Wildman–Crippen LogP) is 9.98. The summed E-state index contributed by atoms with van der Waals surface area (Å²) in [5.41, 5.74) is 23.0. The molecular formula is C34H42. The fourth-order valence-electron chi connectivity index (χ4n) is 6.50. The molecule has 0 unspecified atom stereocenters. The van der Waals surface area contributed by atoms with Crippen molar-refractivity contribution in [3.63, 3.8) is 0 Å². The molecule has 0 atom stereocenters. The molecular weight excluding hydrogens is 408 g/mol. The molecule has 0 aromatic heterocycles. The number of rotatable bonds is 1. The van der Waals surface area contributed by atoms with E-state index < -0.39 is 0 Å². The van der Waals surface area contributed by atoms with Crippen LogP contribution in [0.15, 0.2) is 0 Å². The van der Waals surface area contributed by atoms with Crippen LogP contribution in [0.2, 0.25) is 0 Å². The molecule has 34 heavy (non-hydrogen) atoms. The van der Waals surface area contributed by atoms with E-state index in [-0.39, 0.29) is 0 Å². The SMILES string of the molecule is Cc1c(C)c(C)c2c(-c3c(C)c(C)c(C)c4c(C)c(C)c(C)c(C)c34)c(C)c(C)c(C)c2c1C. The highest BCUT2D eigenvalue weighted by Gasteiger charge is 2.25. The number of hydrogen-bond donors (Lipinski definition) is 0. The number of fused-ring (bicyclic) bond motifs is 2. The van der Waals surface area contributed by atoms with Gasteiger partial charge in [0, 0.05) is 0 Å². The summed E-state index contributed by atoms with van der Waals surface area (Å²) in [5.74, 6) is 0. The average molecular weight is 451 g/mol. The van der Waals surface area contributed by atoms with E-state index >= 15 is 0 Å². The van der Waals surface area contributed by atoms with Crippen molar-refractivity contribution in [2.45, 2.75) is 96.9 Å². The zero-order valence-electron chi connectivity index (χ0n) is 24.0. The van der Waals surface area contributed by atoms with E-state index in [1.807, 2.05) is 0 Å². The molecule has 0 saturated carbocycles. The molecule has 0 fully saturated rings. The lowest BCUT2D eigenvalue weighted by molar-refractivity contribution is 1.21. The molecule has 4 rings (SSSR count). The highest BCUT2D eigenvalue weighted by Crippen LogP contribution is 2.48. The van der Waals surface area contributed by atoms with Gasteiger partial charge in [0.2, 0.25) is 0 Å². The fourth-order valence-corrected chi connectivity index (χ4v) is 6.50. The smallest absolute Gasteiger partial charge is 0.00613 e. The van der Waals surface area contributed by atoms with Crippen molar-refractivity contribution in [3.8, 4) is 11.1 Å². The lowest BCUT2D eigenvalue weighted by atomic mass is 9.76. The molecule has 0 saturated heterocycles. The Balaban J connectivity index is 2.48. The summed E-state index contributed by atoms with van der Waals surface area (Å²) in [4.78, 5) is 0. The summed E-state index contributed by atoms with van der Waals surface area (Å²) in [6.45, 7) is 32.5. The van der Waals surface area contributed by atoms with Crippen LogP contribution in [0.1, 0.15) is 77.9 Å². The maximum absolute atomic E-state index is 2.35. The second kappa shape index (κ2) is 7.98. The zero-order chi connectivity index (χ0) is 25.5. The topological polar surface area (TPSA) is 0 Å². The Bertz CT molecular complexity index is 1420. The fraction of sp³-hybridized carbons (Fsp3) is 0.412. The van der Waals surface area contributed by atoms with Crippen LogP contribution in [0.5, 0.6) is 0 Å². The van der Waals surface area contributed by atoms with Crippen molar-refractivity contribution in [1.29, 1.82) is 0 Å². The van der Waals surface area contributed by atoms with Crippen molar-refractivity contribution >= 4 is 21.5 Å². The third kappa shape index (κ3) is 2.97. The minimum atomic E-state index is 1.43. The van der Waals surface area contributed by atoms with Crippen molar-refractivity contribution in [1.82, 2.24) is 0 Å². The van der Waals surface area contributed by atoms with Gasteiger partial charge in [-0.25, -0.2) is 0 Å². The van der Waals surface area contributed by atoms with Gasteiger partial charge in [-0.15, -0.1) is 0 Å². The third-order valence-corrected chi connectivity index (χ3v) is 9.88. The van der Waals surface area contributed by atoms with Gasteiger partial charge in [0.1, 0.15) is 0 Å². The monoisotopic (exact) mass is 450 g/mol. The first-order valence-corrected chi connectivity index (χ1v) is 12.8. The van der Waals surface area contributed by atoms with Crippen LogP contribution >= 0.6 is 0 Å². The van der Waals surface area contributed by atoms with Gasteiger partial charge in [0.25, 0.3) is 0 Å². The first kappa shape index (κ1) is 24.5. The van der Waals surface area contributed by atoms with Crippen molar-refractivity contribution in [3.05, 3.63) is 77.9 Å². The van der Waals surface area contributed by atoms with Crippen LogP contribution in [0.4, 0.5) is 0 Å². The molecule has 0 amide bonds. The molecule has 0 bridgehead atoms. The van der Waals surface area contributed by atoms with Crippen LogP contribution < -0.4 is 0 Å². The summed E-state index contributed by atoms with van der Waals surface area (Å²) >= 11 is 0. The molecule has 0 spiro atoms. The van der Waals surface area contributed by atoms with Gasteiger partial charge in [-0.05, 0) is 207 Å². The first-order valence-electron chi connectivity index (χ1n) is 12.8. The highest BCUT2D eigenvalue weighted by atomic mass is 14.3. The van der Waals surface area contributed by atoms with Gasteiger partial charge in [-0.2, -0.15) is 0 Å². The first-order chi connectivity index (χ1) is 15.7. The molecule has 0 N–H and O–H groups in total. The second-order valence-electron chi connectivity index (χ2n) is 11.0. The Hall–Kier alpha value is -2.60. The van der Waals surface area contributed by atoms with Gasteiger partial charge >= 0.3 is 0 Å².